The summed E-state index contributed by atoms with van der Waals surface area (Å²) in [6, 6.07) is 8.68. The van der Waals surface area contributed by atoms with E-state index in [1.807, 2.05) is 28.7 Å². The van der Waals surface area contributed by atoms with Crippen LogP contribution in [-0.2, 0) is 6.54 Å². The van der Waals surface area contributed by atoms with E-state index >= 15 is 0 Å². The first-order valence-electron chi connectivity index (χ1n) is 6.87. The highest BCUT2D eigenvalue weighted by molar-refractivity contribution is 9.10. The minimum absolute atomic E-state index is 0.331. The van der Waals surface area contributed by atoms with Crippen molar-refractivity contribution in [2.45, 2.75) is 31.3 Å². The van der Waals surface area contributed by atoms with Crippen LogP contribution in [0.15, 0.2) is 46.0 Å². The van der Waals surface area contributed by atoms with Gasteiger partial charge in [-0.25, -0.2) is 0 Å². The van der Waals surface area contributed by atoms with Gasteiger partial charge in [-0.2, -0.15) is 5.10 Å². The molecule has 1 atom stereocenters. The Kier molecular flexibility index (Phi) is 6.13. The van der Waals surface area contributed by atoms with Crippen LogP contribution in [0.2, 0.25) is 0 Å². The van der Waals surface area contributed by atoms with Gasteiger partial charge in [0.2, 0.25) is 0 Å². The predicted molar refractivity (Wildman–Crippen MR) is 89.2 cm³/mol. The summed E-state index contributed by atoms with van der Waals surface area (Å²) in [5.41, 5.74) is 1.26. The maximum Gasteiger partial charge on any atom is 0.0537 e. The fourth-order valence-electron chi connectivity index (χ4n) is 1.99. The van der Waals surface area contributed by atoms with E-state index in [4.69, 9.17) is 0 Å². The Morgan fingerprint density at radius 3 is 2.80 bits per heavy atom. The number of hydrogen-bond acceptors (Lipinski definition) is 3. The summed E-state index contributed by atoms with van der Waals surface area (Å²) < 4.78 is 3.13. The fourth-order valence-corrected chi connectivity index (χ4v) is 3.65. The largest absolute Gasteiger partial charge is 0.309 e. The van der Waals surface area contributed by atoms with E-state index in [9.17, 15) is 0 Å². The van der Waals surface area contributed by atoms with Crippen molar-refractivity contribution in [1.82, 2.24) is 15.1 Å². The van der Waals surface area contributed by atoms with Crippen LogP contribution >= 0.6 is 27.7 Å². The molecule has 0 aliphatic heterocycles. The Morgan fingerprint density at radius 1 is 1.35 bits per heavy atom. The topological polar surface area (TPSA) is 29.9 Å². The summed E-state index contributed by atoms with van der Waals surface area (Å²) in [4.78, 5) is 1.28. The number of halogens is 1. The number of hydrogen-bond donors (Lipinski definition) is 1. The van der Waals surface area contributed by atoms with E-state index < -0.39 is 0 Å². The molecule has 0 aliphatic carbocycles. The van der Waals surface area contributed by atoms with E-state index in [0.717, 1.165) is 23.3 Å². The van der Waals surface area contributed by atoms with Crippen molar-refractivity contribution in [2.75, 3.05) is 12.3 Å². The number of benzene rings is 1. The van der Waals surface area contributed by atoms with Crippen molar-refractivity contribution >= 4 is 27.7 Å². The van der Waals surface area contributed by atoms with Crippen molar-refractivity contribution in [3.8, 4) is 0 Å². The van der Waals surface area contributed by atoms with Gasteiger partial charge in [-0.3, -0.25) is 4.68 Å². The van der Waals surface area contributed by atoms with Crippen LogP contribution in [0.1, 0.15) is 25.5 Å². The van der Waals surface area contributed by atoms with Crippen LogP contribution in [0.4, 0.5) is 0 Å². The lowest BCUT2D eigenvalue weighted by Gasteiger charge is -2.16. The Bertz CT molecular complexity index is 541. The lowest BCUT2D eigenvalue weighted by atomic mass is 10.2. The number of rotatable bonds is 7. The van der Waals surface area contributed by atoms with Gasteiger partial charge in [0.1, 0.15) is 0 Å². The molecule has 0 saturated carbocycles. The number of thioether (sulfide) groups is 1. The van der Waals surface area contributed by atoms with Crippen molar-refractivity contribution in [3.63, 3.8) is 0 Å². The van der Waals surface area contributed by atoms with Crippen LogP contribution in [0.5, 0.6) is 0 Å². The zero-order valence-electron chi connectivity index (χ0n) is 11.8. The smallest absolute Gasteiger partial charge is 0.0537 e. The van der Waals surface area contributed by atoms with Crippen LogP contribution in [0.25, 0.3) is 0 Å². The molecule has 20 heavy (non-hydrogen) atoms. The average Bonchev–Trinajstić information content (AvgIpc) is 2.94. The van der Waals surface area contributed by atoms with Crippen molar-refractivity contribution in [1.29, 1.82) is 0 Å². The normalized spacial score (nSPS) is 12.6. The van der Waals surface area contributed by atoms with Gasteiger partial charge in [-0.05, 0) is 41.5 Å². The standard InChI is InChI=1S/C15H20BrN3S/c1-3-17-14(12-9-18-19(4-2)10-12)11-20-15-8-6-5-7-13(15)16/h5-10,14,17H,3-4,11H2,1-2H3. The lowest BCUT2D eigenvalue weighted by molar-refractivity contribution is 0.602. The van der Waals surface area contributed by atoms with Gasteiger partial charge in [0.25, 0.3) is 0 Å². The second kappa shape index (κ2) is 7.86. The third-order valence-corrected chi connectivity index (χ3v) is 5.19. The maximum atomic E-state index is 4.37. The molecule has 1 aromatic heterocycles. The first-order chi connectivity index (χ1) is 9.74. The number of nitrogens with zero attached hydrogens (tertiary/aromatic N) is 2. The zero-order valence-corrected chi connectivity index (χ0v) is 14.2. The molecule has 108 valence electrons. The molecule has 0 fully saturated rings. The minimum Gasteiger partial charge on any atom is -0.309 e. The molecule has 0 amide bonds. The maximum absolute atomic E-state index is 4.37. The highest BCUT2D eigenvalue weighted by Crippen LogP contribution is 2.30. The molecule has 0 aliphatic rings. The van der Waals surface area contributed by atoms with Crippen LogP contribution < -0.4 is 5.32 Å². The SMILES string of the molecule is CCNC(CSc1ccccc1Br)c1cnn(CC)c1. The molecule has 2 aromatic rings. The monoisotopic (exact) mass is 353 g/mol. The van der Waals surface area contributed by atoms with E-state index in [0.29, 0.717) is 6.04 Å². The van der Waals surface area contributed by atoms with Gasteiger partial charge in [0.15, 0.2) is 0 Å². The number of nitrogens with one attached hydrogen (secondary N) is 1. The van der Waals surface area contributed by atoms with E-state index in [-0.39, 0.29) is 0 Å². The Hall–Kier alpha value is -0.780. The van der Waals surface area contributed by atoms with Gasteiger partial charge in [-0.1, -0.05) is 19.1 Å². The molecule has 5 heteroatoms. The van der Waals surface area contributed by atoms with Crippen LogP contribution in [0.3, 0.4) is 0 Å². The second-order valence-electron chi connectivity index (χ2n) is 4.48. The van der Waals surface area contributed by atoms with E-state index in [1.165, 1.54) is 10.5 Å². The molecule has 0 saturated heterocycles. The van der Waals surface area contributed by atoms with Crippen molar-refractivity contribution in [3.05, 3.63) is 46.7 Å². The number of aromatic nitrogens is 2. The average molecular weight is 354 g/mol. The summed E-state index contributed by atoms with van der Waals surface area (Å²) in [5, 5.41) is 7.91. The lowest BCUT2D eigenvalue weighted by Crippen LogP contribution is -2.22. The first-order valence-corrected chi connectivity index (χ1v) is 8.65. The van der Waals surface area contributed by atoms with E-state index in [1.54, 1.807) is 0 Å². The fraction of sp³-hybridized carbons (Fsp3) is 0.400. The summed E-state index contributed by atoms with van der Waals surface area (Å²) in [6.07, 6.45) is 4.10. The number of aryl methyl sites for hydroxylation is 1. The van der Waals surface area contributed by atoms with E-state index in [2.05, 4.69) is 64.6 Å². The molecule has 1 heterocycles. The Morgan fingerprint density at radius 2 is 2.15 bits per heavy atom. The zero-order chi connectivity index (χ0) is 14.4. The Balaban J connectivity index is 2.04. The van der Waals surface area contributed by atoms with Gasteiger partial charge >= 0.3 is 0 Å². The quantitative estimate of drug-likeness (QED) is 0.759. The third-order valence-electron chi connectivity index (χ3n) is 3.07. The van der Waals surface area contributed by atoms with Crippen molar-refractivity contribution < 1.29 is 0 Å². The summed E-state index contributed by atoms with van der Waals surface area (Å²) in [7, 11) is 0. The van der Waals surface area contributed by atoms with Crippen LogP contribution in [0, 0.1) is 0 Å². The molecule has 2 rings (SSSR count). The molecule has 1 N–H and O–H groups in total. The molecule has 0 bridgehead atoms. The molecular weight excluding hydrogens is 334 g/mol. The summed E-state index contributed by atoms with van der Waals surface area (Å²) in [6.45, 7) is 6.12. The predicted octanol–water partition coefficient (Wildman–Crippen LogP) is 4.11. The Labute approximate surface area is 133 Å². The highest BCUT2D eigenvalue weighted by Gasteiger charge is 2.13. The van der Waals surface area contributed by atoms with Gasteiger partial charge < -0.3 is 5.32 Å². The summed E-state index contributed by atoms with van der Waals surface area (Å²) >= 11 is 5.46. The van der Waals surface area contributed by atoms with Crippen LogP contribution in [-0.4, -0.2) is 22.1 Å². The second-order valence-corrected chi connectivity index (χ2v) is 6.40. The van der Waals surface area contributed by atoms with Gasteiger partial charge in [0, 0.05) is 39.5 Å². The first kappa shape index (κ1) is 15.6. The molecule has 0 spiro atoms. The third kappa shape index (κ3) is 4.11. The summed E-state index contributed by atoms with van der Waals surface area (Å²) in [5.74, 6) is 0.992. The molecular formula is C15H20BrN3S. The van der Waals surface area contributed by atoms with Gasteiger partial charge in [0.05, 0.1) is 6.20 Å². The molecule has 3 nitrogen and oxygen atoms in total. The van der Waals surface area contributed by atoms with Gasteiger partial charge in [-0.15, -0.1) is 11.8 Å². The molecule has 0 radical (unpaired) electrons. The minimum atomic E-state index is 0.331. The molecule has 1 unspecified atom stereocenters. The van der Waals surface area contributed by atoms with Crippen molar-refractivity contribution in [2.24, 2.45) is 0 Å². The highest BCUT2D eigenvalue weighted by atomic mass is 79.9. The molecule has 1 aromatic carbocycles.